The molecular formula is C11H18N2O4. The van der Waals surface area contributed by atoms with Crippen LogP contribution in [-0.2, 0) is 14.4 Å². The van der Waals surface area contributed by atoms with Crippen molar-refractivity contribution in [1.29, 1.82) is 0 Å². The molecule has 1 rings (SSSR count). The first kappa shape index (κ1) is 13.5. The summed E-state index contributed by atoms with van der Waals surface area (Å²) in [6.07, 6.45) is 1.41. The van der Waals surface area contributed by atoms with Gasteiger partial charge < -0.3 is 15.7 Å². The predicted molar refractivity (Wildman–Crippen MR) is 60.2 cm³/mol. The van der Waals surface area contributed by atoms with Gasteiger partial charge in [0, 0.05) is 6.42 Å². The average molecular weight is 242 g/mol. The van der Waals surface area contributed by atoms with Crippen molar-refractivity contribution in [3.8, 4) is 0 Å². The van der Waals surface area contributed by atoms with E-state index in [1.807, 2.05) is 6.92 Å². The fourth-order valence-corrected chi connectivity index (χ4v) is 1.75. The molecule has 1 fully saturated rings. The highest BCUT2D eigenvalue weighted by molar-refractivity contribution is 5.92. The van der Waals surface area contributed by atoms with E-state index in [0.717, 1.165) is 0 Å². The molecule has 3 atom stereocenters. The van der Waals surface area contributed by atoms with Crippen molar-refractivity contribution in [3.05, 3.63) is 0 Å². The van der Waals surface area contributed by atoms with Crippen LogP contribution in [0.3, 0.4) is 0 Å². The highest BCUT2D eigenvalue weighted by Crippen LogP contribution is 2.11. The normalized spacial score (nSPS) is 22.7. The van der Waals surface area contributed by atoms with Crippen molar-refractivity contribution in [3.63, 3.8) is 0 Å². The number of carboxylic acid groups (broad SMARTS) is 1. The van der Waals surface area contributed by atoms with Gasteiger partial charge in [-0.05, 0) is 12.3 Å². The topological polar surface area (TPSA) is 95.5 Å². The number of carbonyl (C=O) groups is 3. The highest BCUT2D eigenvalue weighted by atomic mass is 16.4. The second-order valence-electron chi connectivity index (χ2n) is 4.37. The average Bonchev–Trinajstić information content (AvgIpc) is 2.71. The number of hydrogen-bond donors (Lipinski definition) is 3. The Balaban J connectivity index is 2.58. The Morgan fingerprint density at radius 1 is 1.59 bits per heavy atom. The molecule has 0 spiro atoms. The zero-order valence-electron chi connectivity index (χ0n) is 10.0. The number of amides is 2. The smallest absolute Gasteiger partial charge is 0.326 e. The maximum Gasteiger partial charge on any atom is 0.326 e. The third-order valence-electron chi connectivity index (χ3n) is 3.09. The number of nitrogens with one attached hydrogen (secondary N) is 2. The number of rotatable bonds is 5. The Kier molecular flexibility index (Phi) is 4.48. The summed E-state index contributed by atoms with van der Waals surface area (Å²) in [7, 11) is 0. The van der Waals surface area contributed by atoms with Gasteiger partial charge in [-0.25, -0.2) is 4.79 Å². The molecule has 3 N–H and O–H groups in total. The van der Waals surface area contributed by atoms with E-state index in [1.54, 1.807) is 6.92 Å². The van der Waals surface area contributed by atoms with Gasteiger partial charge in [-0.1, -0.05) is 20.3 Å². The summed E-state index contributed by atoms with van der Waals surface area (Å²) >= 11 is 0. The van der Waals surface area contributed by atoms with Crippen molar-refractivity contribution in [1.82, 2.24) is 10.6 Å². The van der Waals surface area contributed by atoms with Crippen LogP contribution in [0.15, 0.2) is 0 Å². The van der Waals surface area contributed by atoms with E-state index >= 15 is 0 Å². The molecular weight excluding hydrogens is 224 g/mol. The van der Waals surface area contributed by atoms with E-state index in [1.165, 1.54) is 0 Å². The molecule has 1 heterocycles. The lowest BCUT2D eigenvalue weighted by Crippen LogP contribution is -2.51. The summed E-state index contributed by atoms with van der Waals surface area (Å²) in [6, 6.07) is -1.49. The summed E-state index contributed by atoms with van der Waals surface area (Å²) in [5.41, 5.74) is 0. The fourth-order valence-electron chi connectivity index (χ4n) is 1.75. The summed E-state index contributed by atoms with van der Waals surface area (Å²) in [6.45, 7) is 3.64. The van der Waals surface area contributed by atoms with Crippen molar-refractivity contribution in [2.75, 3.05) is 0 Å². The molecule has 6 nitrogen and oxygen atoms in total. The summed E-state index contributed by atoms with van der Waals surface area (Å²) in [5.74, 6) is -1.77. The molecule has 1 saturated heterocycles. The standard InChI is InChI=1S/C11H18N2O4/c1-3-6(2)9(11(16)17)13-10(15)7-4-5-8(14)12-7/h6-7,9H,3-5H2,1-2H3,(H,12,14)(H,13,15)(H,16,17)/t6-,7+,9-/m1/s1. The molecule has 1 aliphatic rings. The van der Waals surface area contributed by atoms with Gasteiger partial charge in [-0.2, -0.15) is 0 Å². The Morgan fingerprint density at radius 2 is 2.24 bits per heavy atom. The van der Waals surface area contributed by atoms with Gasteiger partial charge in [0.15, 0.2) is 0 Å². The van der Waals surface area contributed by atoms with E-state index in [9.17, 15) is 14.4 Å². The van der Waals surface area contributed by atoms with E-state index < -0.39 is 24.0 Å². The van der Waals surface area contributed by atoms with E-state index in [-0.39, 0.29) is 11.8 Å². The summed E-state index contributed by atoms with van der Waals surface area (Å²) in [5, 5.41) is 14.0. The molecule has 6 heteroatoms. The van der Waals surface area contributed by atoms with Crippen LogP contribution < -0.4 is 10.6 Å². The van der Waals surface area contributed by atoms with Gasteiger partial charge in [0.25, 0.3) is 0 Å². The highest BCUT2D eigenvalue weighted by Gasteiger charge is 2.32. The monoisotopic (exact) mass is 242 g/mol. The van der Waals surface area contributed by atoms with Crippen molar-refractivity contribution >= 4 is 17.8 Å². The Labute approximate surface area is 99.8 Å². The molecule has 2 amide bonds. The third kappa shape index (κ3) is 3.44. The van der Waals surface area contributed by atoms with Crippen LogP contribution in [0.25, 0.3) is 0 Å². The van der Waals surface area contributed by atoms with E-state index in [4.69, 9.17) is 5.11 Å². The fraction of sp³-hybridized carbons (Fsp3) is 0.727. The number of hydrogen-bond acceptors (Lipinski definition) is 3. The number of carboxylic acids is 1. The van der Waals surface area contributed by atoms with Crippen molar-refractivity contribution < 1.29 is 19.5 Å². The van der Waals surface area contributed by atoms with Gasteiger partial charge >= 0.3 is 5.97 Å². The van der Waals surface area contributed by atoms with Crippen LogP contribution in [0, 0.1) is 5.92 Å². The predicted octanol–water partition coefficient (Wildman–Crippen LogP) is -0.119. The molecule has 0 aromatic heterocycles. The Hall–Kier alpha value is -1.59. The molecule has 0 radical (unpaired) electrons. The number of aliphatic carboxylic acids is 1. The second-order valence-corrected chi connectivity index (χ2v) is 4.37. The minimum atomic E-state index is -1.04. The van der Waals surface area contributed by atoms with Crippen LogP contribution >= 0.6 is 0 Å². The molecule has 0 bridgehead atoms. The van der Waals surface area contributed by atoms with Crippen LogP contribution in [0.5, 0.6) is 0 Å². The first-order chi connectivity index (χ1) is 7.95. The van der Waals surface area contributed by atoms with E-state index in [2.05, 4.69) is 10.6 Å². The zero-order valence-corrected chi connectivity index (χ0v) is 10.0. The molecule has 1 aliphatic heterocycles. The molecule has 0 aliphatic carbocycles. The molecule has 0 aromatic carbocycles. The van der Waals surface area contributed by atoms with Crippen LogP contribution in [0.2, 0.25) is 0 Å². The molecule has 96 valence electrons. The minimum Gasteiger partial charge on any atom is -0.480 e. The van der Waals surface area contributed by atoms with Gasteiger partial charge in [-0.3, -0.25) is 9.59 Å². The maximum absolute atomic E-state index is 11.7. The summed E-state index contributed by atoms with van der Waals surface area (Å²) < 4.78 is 0. The molecule has 0 aromatic rings. The van der Waals surface area contributed by atoms with Gasteiger partial charge in [0.2, 0.25) is 11.8 Å². The van der Waals surface area contributed by atoms with Gasteiger partial charge in [0.05, 0.1) is 0 Å². The van der Waals surface area contributed by atoms with E-state index in [0.29, 0.717) is 19.3 Å². The zero-order chi connectivity index (χ0) is 13.0. The van der Waals surface area contributed by atoms with Crippen LogP contribution in [-0.4, -0.2) is 35.0 Å². The SMILES string of the molecule is CC[C@@H](C)[C@@H](NC(=O)[C@@H]1CCC(=O)N1)C(=O)O. The summed E-state index contributed by atoms with van der Waals surface area (Å²) in [4.78, 5) is 33.7. The van der Waals surface area contributed by atoms with Gasteiger partial charge in [0.1, 0.15) is 12.1 Å². The molecule has 0 unspecified atom stereocenters. The Morgan fingerprint density at radius 3 is 2.65 bits per heavy atom. The largest absolute Gasteiger partial charge is 0.480 e. The lowest BCUT2D eigenvalue weighted by Gasteiger charge is -2.21. The van der Waals surface area contributed by atoms with Crippen molar-refractivity contribution in [2.24, 2.45) is 5.92 Å². The van der Waals surface area contributed by atoms with Crippen molar-refractivity contribution in [2.45, 2.75) is 45.2 Å². The second kappa shape index (κ2) is 5.65. The maximum atomic E-state index is 11.7. The molecule has 17 heavy (non-hydrogen) atoms. The Bertz CT molecular complexity index is 329. The minimum absolute atomic E-state index is 0.145. The number of carbonyl (C=O) groups excluding carboxylic acids is 2. The first-order valence-electron chi connectivity index (χ1n) is 5.78. The van der Waals surface area contributed by atoms with Crippen LogP contribution in [0.1, 0.15) is 33.1 Å². The van der Waals surface area contributed by atoms with Crippen LogP contribution in [0.4, 0.5) is 0 Å². The first-order valence-corrected chi connectivity index (χ1v) is 5.78. The van der Waals surface area contributed by atoms with Gasteiger partial charge in [-0.15, -0.1) is 0 Å². The molecule has 0 saturated carbocycles. The quantitative estimate of drug-likeness (QED) is 0.626. The third-order valence-corrected chi connectivity index (χ3v) is 3.09. The lowest BCUT2D eigenvalue weighted by atomic mass is 9.99. The lowest BCUT2D eigenvalue weighted by molar-refractivity contribution is -0.143.